The SMILES string of the molecule is Nc1cc(F)c(F)cc1C(=O)Nc1cccc(Cl)c1Br. The highest BCUT2D eigenvalue weighted by atomic mass is 79.9. The van der Waals surface area contributed by atoms with Gasteiger partial charge in [-0.2, -0.15) is 0 Å². The summed E-state index contributed by atoms with van der Waals surface area (Å²) in [6, 6.07) is 6.38. The Labute approximate surface area is 126 Å². The zero-order valence-electron chi connectivity index (χ0n) is 9.88. The molecule has 2 aromatic rings. The molecule has 20 heavy (non-hydrogen) atoms. The van der Waals surface area contributed by atoms with Crippen molar-refractivity contribution in [3.8, 4) is 0 Å². The predicted octanol–water partition coefficient (Wildman–Crippen LogP) is 4.22. The lowest BCUT2D eigenvalue weighted by Gasteiger charge is -2.10. The van der Waals surface area contributed by atoms with Crippen molar-refractivity contribution < 1.29 is 13.6 Å². The van der Waals surface area contributed by atoms with Gasteiger partial charge in [0.25, 0.3) is 5.91 Å². The van der Waals surface area contributed by atoms with Crippen molar-refractivity contribution in [3.63, 3.8) is 0 Å². The lowest BCUT2D eigenvalue weighted by Crippen LogP contribution is -2.15. The van der Waals surface area contributed by atoms with Gasteiger partial charge in [-0.1, -0.05) is 17.7 Å². The molecule has 0 aliphatic heterocycles. The number of halogens is 4. The van der Waals surface area contributed by atoms with Crippen LogP contribution in [-0.2, 0) is 0 Å². The average Bonchev–Trinajstić information content (AvgIpc) is 2.39. The first-order valence-corrected chi connectivity index (χ1v) is 6.57. The summed E-state index contributed by atoms with van der Waals surface area (Å²) < 4.78 is 26.6. The van der Waals surface area contributed by atoms with Gasteiger partial charge in [0.05, 0.1) is 20.7 Å². The third-order valence-corrected chi connectivity index (χ3v) is 3.93. The first-order valence-electron chi connectivity index (χ1n) is 5.40. The molecule has 104 valence electrons. The molecule has 0 aromatic heterocycles. The number of hydrogen-bond donors (Lipinski definition) is 2. The minimum Gasteiger partial charge on any atom is -0.398 e. The van der Waals surface area contributed by atoms with E-state index in [1.807, 2.05) is 0 Å². The number of anilines is 2. The second-order valence-electron chi connectivity index (χ2n) is 3.91. The van der Waals surface area contributed by atoms with Gasteiger partial charge in [0.2, 0.25) is 0 Å². The fraction of sp³-hybridized carbons (Fsp3) is 0. The lowest BCUT2D eigenvalue weighted by atomic mass is 10.1. The summed E-state index contributed by atoms with van der Waals surface area (Å²) in [4.78, 5) is 12.0. The number of nitrogens with two attached hydrogens (primary N) is 1. The summed E-state index contributed by atoms with van der Waals surface area (Å²) in [7, 11) is 0. The highest BCUT2D eigenvalue weighted by molar-refractivity contribution is 9.10. The van der Waals surface area contributed by atoms with Crippen molar-refractivity contribution in [2.75, 3.05) is 11.1 Å². The molecule has 0 atom stereocenters. The fourth-order valence-electron chi connectivity index (χ4n) is 1.55. The van der Waals surface area contributed by atoms with E-state index in [1.165, 1.54) is 0 Å². The van der Waals surface area contributed by atoms with E-state index in [-0.39, 0.29) is 11.3 Å². The molecule has 0 saturated carbocycles. The monoisotopic (exact) mass is 360 g/mol. The highest BCUT2D eigenvalue weighted by Gasteiger charge is 2.16. The van der Waals surface area contributed by atoms with Crippen LogP contribution in [0.1, 0.15) is 10.4 Å². The summed E-state index contributed by atoms with van der Waals surface area (Å²) in [5.41, 5.74) is 5.59. The minimum atomic E-state index is -1.14. The van der Waals surface area contributed by atoms with Gasteiger partial charge in [-0.25, -0.2) is 8.78 Å². The Hall–Kier alpha value is -1.66. The molecule has 0 fully saturated rings. The van der Waals surface area contributed by atoms with E-state index in [0.29, 0.717) is 15.2 Å². The molecular formula is C13H8BrClF2N2O. The molecule has 1 amide bonds. The summed E-state index contributed by atoms with van der Waals surface area (Å²) in [6.07, 6.45) is 0. The third-order valence-electron chi connectivity index (χ3n) is 2.54. The number of carbonyl (C=O) groups excluding carboxylic acids is 1. The molecule has 0 aliphatic rings. The molecule has 0 unspecified atom stereocenters. The highest BCUT2D eigenvalue weighted by Crippen LogP contribution is 2.30. The van der Waals surface area contributed by atoms with Crippen LogP contribution in [0.2, 0.25) is 5.02 Å². The van der Waals surface area contributed by atoms with Crippen molar-refractivity contribution in [3.05, 3.63) is 57.0 Å². The summed E-state index contributed by atoms with van der Waals surface area (Å²) >= 11 is 9.10. The normalized spacial score (nSPS) is 10.4. The number of nitrogens with one attached hydrogen (secondary N) is 1. The zero-order chi connectivity index (χ0) is 14.9. The topological polar surface area (TPSA) is 55.1 Å². The number of hydrogen-bond acceptors (Lipinski definition) is 2. The Morgan fingerprint density at radius 3 is 2.60 bits per heavy atom. The van der Waals surface area contributed by atoms with Crippen LogP contribution in [0.5, 0.6) is 0 Å². The molecule has 3 N–H and O–H groups in total. The molecule has 0 bridgehead atoms. The maximum atomic E-state index is 13.2. The van der Waals surface area contributed by atoms with E-state index in [0.717, 1.165) is 12.1 Å². The lowest BCUT2D eigenvalue weighted by molar-refractivity contribution is 0.102. The van der Waals surface area contributed by atoms with Crippen LogP contribution >= 0.6 is 27.5 Å². The van der Waals surface area contributed by atoms with Crippen molar-refractivity contribution in [2.45, 2.75) is 0 Å². The number of amides is 1. The van der Waals surface area contributed by atoms with Gasteiger partial charge >= 0.3 is 0 Å². The second kappa shape index (κ2) is 5.76. The van der Waals surface area contributed by atoms with Gasteiger partial charge in [-0.3, -0.25) is 4.79 Å². The van der Waals surface area contributed by atoms with E-state index >= 15 is 0 Å². The van der Waals surface area contributed by atoms with Gasteiger partial charge in [-0.15, -0.1) is 0 Å². The number of carbonyl (C=O) groups is 1. The van der Waals surface area contributed by atoms with Gasteiger partial charge in [0.1, 0.15) is 0 Å². The standard InChI is InChI=1S/C13H8BrClF2N2O/c14-12-7(15)2-1-3-11(12)19-13(20)6-4-8(16)9(17)5-10(6)18/h1-5H,18H2,(H,19,20). The zero-order valence-corrected chi connectivity index (χ0v) is 12.2. The Morgan fingerprint density at radius 2 is 1.90 bits per heavy atom. The molecule has 0 heterocycles. The predicted molar refractivity (Wildman–Crippen MR) is 77.9 cm³/mol. The fourth-order valence-corrected chi connectivity index (χ4v) is 2.09. The Bertz CT molecular complexity index is 694. The molecule has 2 aromatic carbocycles. The Morgan fingerprint density at radius 1 is 1.25 bits per heavy atom. The first-order chi connectivity index (χ1) is 9.40. The Kier molecular flexibility index (Phi) is 4.25. The van der Waals surface area contributed by atoms with E-state index in [9.17, 15) is 13.6 Å². The van der Waals surface area contributed by atoms with Crippen LogP contribution in [0, 0.1) is 11.6 Å². The number of rotatable bonds is 2. The number of nitrogen functional groups attached to an aromatic ring is 1. The van der Waals surface area contributed by atoms with Gasteiger partial charge in [0.15, 0.2) is 11.6 Å². The van der Waals surface area contributed by atoms with Crippen molar-refractivity contribution in [1.29, 1.82) is 0 Å². The third kappa shape index (κ3) is 2.91. The molecule has 0 spiro atoms. The average molecular weight is 362 g/mol. The molecular weight excluding hydrogens is 354 g/mol. The van der Waals surface area contributed by atoms with Crippen LogP contribution in [0.25, 0.3) is 0 Å². The van der Waals surface area contributed by atoms with Crippen molar-refractivity contribution >= 4 is 44.8 Å². The van der Waals surface area contributed by atoms with E-state index in [2.05, 4.69) is 21.2 Å². The number of benzene rings is 2. The molecule has 2 rings (SSSR count). The van der Waals surface area contributed by atoms with Gasteiger partial charge in [0, 0.05) is 11.8 Å². The van der Waals surface area contributed by atoms with Crippen LogP contribution in [-0.4, -0.2) is 5.91 Å². The van der Waals surface area contributed by atoms with Gasteiger partial charge in [-0.05, 0) is 34.1 Å². The molecule has 0 radical (unpaired) electrons. The van der Waals surface area contributed by atoms with Crippen LogP contribution < -0.4 is 11.1 Å². The summed E-state index contributed by atoms with van der Waals surface area (Å²) in [5.74, 6) is -2.91. The molecule has 3 nitrogen and oxygen atoms in total. The van der Waals surface area contributed by atoms with Crippen molar-refractivity contribution in [2.24, 2.45) is 0 Å². The maximum absolute atomic E-state index is 13.2. The molecule has 7 heteroatoms. The molecule has 0 aliphatic carbocycles. The largest absolute Gasteiger partial charge is 0.398 e. The Balaban J connectivity index is 2.33. The van der Waals surface area contributed by atoms with E-state index in [1.54, 1.807) is 18.2 Å². The summed E-state index contributed by atoms with van der Waals surface area (Å²) in [5, 5.41) is 2.92. The van der Waals surface area contributed by atoms with Gasteiger partial charge < -0.3 is 11.1 Å². The second-order valence-corrected chi connectivity index (χ2v) is 5.11. The molecule has 0 saturated heterocycles. The minimum absolute atomic E-state index is 0.153. The van der Waals surface area contributed by atoms with Crippen LogP contribution in [0.4, 0.5) is 20.2 Å². The van der Waals surface area contributed by atoms with Crippen LogP contribution in [0.15, 0.2) is 34.8 Å². The smallest absolute Gasteiger partial charge is 0.257 e. The van der Waals surface area contributed by atoms with E-state index in [4.69, 9.17) is 17.3 Å². The quantitative estimate of drug-likeness (QED) is 0.787. The van der Waals surface area contributed by atoms with Crippen LogP contribution in [0.3, 0.4) is 0 Å². The van der Waals surface area contributed by atoms with Crippen molar-refractivity contribution in [1.82, 2.24) is 0 Å². The first kappa shape index (κ1) is 14.7. The summed E-state index contributed by atoms with van der Waals surface area (Å²) in [6.45, 7) is 0. The maximum Gasteiger partial charge on any atom is 0.257 e. The van der Waals surface area contributed by atoms with E-state index < -0.39 is 17.5 Å².